The van der Waals surface area contributed by atoms with Crippen LogP contribution in [0.5, 0.6) is 0 Å². The van der Waals surface area contributed by atoms with Crippen molar-refractivity contribution in [3.8, 4) is 0 Å². The Hall–Kier alpha value is -0.960. The maximum atomic E-state index is 13.4. The van der Waals surface area contributed by atoms with E-state index in [0.717, 1.165) is 70.3 Å². The Bertz CT molecular complexity index is 705. The van der Waals surface area contributed by atoms with E-state index in [1.807, 2.05) is 4.57 Å². The molecule has 0 unspecified atom stereocenters. The molecule has 1 saturated carbocycles. The van der Waals surface area contributed by atoms with Crippen LogP contribution in [-0.4, -0.2) is 68.1 Å². The zero-order valence-electron chi connectivity index (χ0n) is 17.3. The van der Waals surface area contributed by atoms with Gasteiger partial charge >= 0.3 is 0 Å². The normalized spacial score (nSPS) is 20.5. The number of methoxy groups -OCH3 is 1. The van der Waals surface area contributed by atoms with Gasteiger partial charge in [-0.15, -0.1) is 0 Å². The van der Waals surface area contributed by atoms with Crippen LogP contribution in [0.4, 0.5) is 0 Å². The molecular formula is C20H35N3O4S. The summed E-state index contributed by atoms with van der Waals surface area (Å²) in [5, 5.41) is -0.0772. The molecule has 1 saturated heterocycles. The Balaban J connectivity index is 1.82. The van der Waals surface area contributed by atoms with E-state index < -0.39 is 9.84 Å². The molecule has 160 valence electrons. The summed E-state index contributed by atoms with van der Waals surface area (Å²) in [6.07, 6.45) is 9.50. The Labute approximate surface area is 169 Å². The molecule has 1 aliphatic heterocycles. The Morgan fingerprint density at radius 3 is 2.50 bits per heavy atom. The minimum Gasteiger partial charge on any atom is -0.383 e. The molecule has 0 atom stereocenters. The summed E-state index contributed by atoms with van der Waals surface area (Å²) in [6.45, 7) is 3.24. The maximum absolute atomic E-state index is 13.4. The first-order valence-electron chi connectivity index (χ1n) is 10.6. The second kappa shape index (κ2) is 10.2. The first-order valence-corrected chi connectivity index (χ1v) is 12.1. The van der Waals surface area contributed by atoms with Crippen molar-refractivity contribution in [2.45, 2.75) is 80.9 Å². The summed E-state index contributed by atoms with van der Waals surface area (Å²) >= 11 is 0. The number of hydrogen-bond donors (Lipinski definition) is 0. The van der Waals surface area contributed by atoms with E-state index in [9.17, 15) is 8.42 Å². The van der Waals surface area contributed by atoms with E-state index >= 15 is 0 Å². The molecule has 1 aromatic heterocycles. The van der Waals surface area contributed by atoms with Gasteiger partial charge in [-0.05, 0) is 32.7 Å². The van der Waals surface area contributed by atoms with Crippen molar-refractivity contribution in [2.75, 3.05) is 34.0 Å². The molecule has 28 heavy (non-hydrogen) atoms. The van der Waals surface area contributed by atoms with Crippen LogP contribution in [0, 0.1) is 0 Å². The van der Waals surface area contributed by atoms with E-state index in [1.54, 1.807) is 13.3 Å². The zero-order chi connectivity index (χ0) is 20.0. The molecule has 2 fully saturated rings. The van der Waals surface area contributed by atoms with Crippen molar-refractivity contribution >= 4 is 9.84 Å². The molecule has 0 aromatic carbocycles. The van der Waals surface area contributed by atoms with Crippen LogP contribution in [0.25, 0.3) is 0 Å². The van der Waals surface area contributed by atoms with E-state index in [4.69, 9.17) is 9.47 Å². The van der Waals surface area contributed by atoms with Gasteiger partial charge in [-0.1, -0.05) is 25.7 Å². The summed E-state index contributed by atoms with van der Waals surface area (Å²) in [5.74, 6) is 0. The highest BCUT2D eigenvalue weighted by molar-refractivity contribution is 7.91. The lowest BCUT2D eigenvalue weighted by atomic mass is 10.1. The van der Waals surface area contributed by atoms with Gasteiger partial charge in [0.15, 0.2) is 0 Å². The van der Waals surface area contributed by atoms with Crippen molar-refractivity contribution in [3.05, 3.63) is 11.9 Å². The fraction of sp³-hybridized carbons (Fsp3) is 0.850. The Morgan fingerprint density at radius 1 is 1.18 bits per heavy atom. The highest BCUT2D eigenvalue weighted by Crippen LogP contribution is 2.28. The van der Waals surface area contributed by atoms with Gasteiger partial charge in [0.2, 0.25) is 15.0 Å². The molecule has 1 aliphatic carbocycles. The molecule has 7 nitrogen and oxygen atoms in total. The van der Waals surface area contributed by atoms with Crippen LogP contribution in [0.3, 0.4) is 0 Å². The van der Waals surface area contributed by atoms with E-state index in [1.165, 1.54) is 0 Å². The van der Waals surface area contributed by atoms with Crippen molar-refractivity contribution in [1.29, 1.82) is 0 Å². The Kier molecular flexibility index (Phi) is 7.91. The number of hydrogen-bond acceptors (Lipinski definition) is 6. The van der Waals surface area contributed by atoms with Gasteiger partial charge in [-0.3, -0.25) is 4.90 Å². The van der Waals surface area contributed by atoms with E-state index in [-0.39, 0.29) is 10.4 Å². The van der Waals surface area contributed by atoms with Crippen LogP contribution in [0.1, 0.15) is 57.1 Å². The standard InChI is InChI=1S/C20H35N3O4S/c1-22(17-9-12-27-13-10-17)16-18-15-21-20(23(18)11-14-26-2)28(24,25)19-7-5-3-4-6-8-19/h15,17,19H,3-14,16H2,1-2H3. The number of aromatic nitrogens is 2. The lowest BCUT2D eigenvalue weighted by molar-refractivity contribution is 0.0398. The number of imidazole rings is 1. The van der Waals surface area contributed by atoms with Crippen molar-refractivity contribution in [1.82, 2.24) is 14.5 Å². The average molecular weight is 414 g/mol. The average Bonchev–Trinajstić information content (AvgIpc) is 2.91. The fourth-order valence-corrected chi connectivity index (χ4v) is 6.35. The molecule has 1 aromatic rings. The molecule has 0 bridgehead atoms. The minimum absolute atomic E-state index is 0.229. The molecule has 8 heteroatoms. The summed E-state index contributed by atoms with van der Waals surface area (Å²) in [7, 11) is 0.315. The number of sulfone groups is 1. The largest absolute Gasteiger partial charge is 0.383 e. The molecule has 2 aliphatic rings. The zero-order valence-corrected chi connectivity index (χ0v) is 18.1. The van der Waals surface area contributed by atoms with E-state index in [2.05, 4.69) is 16.9 Å². The van der Waals surface area contributed by atoms with Crippen LogP contribution in [0.2, 0.25) is 0 Å². The first-order chi connectivity index (χ1) is 13.5. The van der Waals surface area contributed by atoms with Gasteiger partial charge < -0.3 is 14.0 Å². The molecule has 0 spiro atoms. The summed E-state index contributed by atoms with van der Waals surface area (Å²) in [4.78, 5) is 6.71. The summed E-state index contributed by atoms with van der Waals surface area (Å²) in [6, 6.07) is 0.460. The number of nitrogens with zero attached hydrogens (tertiary/aromatic N) is 3. The lowest BCUT2D eigenvalue weighted by Crippen LogP contribution is -2.36. The monoisotopic (exact) mass is 413 g/mol. The smallest absolute Gasteiger partial charge is 0.228 e. The molecule has 3 rings (SSSR count). The molecular weight excluding hydrogens is 378 g/mol. The van der Waals surface area contributed by atoms with E-state index in [0.29, 0.717) is 25.7 Å². The SMILES string of the molecule is COCCn1c(CN(C)C2CCOCC2)cnc1S(=O)(=O)C1CCCCCC1. The first kappa shape index (κ1) is 21.7. The quantitative estimate of drug-likeness (QED) is 0.610. The van der Waals surface area contributed by atoms with Crippen molar-refractivity contribution in [3.63, 3.8) is 0 Å². The minimum atomic E-state index is -3.43. The van der Waals surface area contributed by atoms with Crippen molar-refractivity contribution < 1.29 is 17.9 Å². The Morgan fingerprint density at radius 2 is 1.86 bits per heavy atom. The third-order valence-corrected chi connectivity index (χ3v) is 8.33. The maximum Gasteiger partial charge on any atom is 0.228 e. The van der Waals surface area contributed by atoms with Gasteiger partial charge in [0.1, 0.15) is 0 Å². The van der Waals surface area contributed by atoms with Crippen LogP contribution >= 0.6 is 0 Å². The fourth-order valence-electron chi connectivity index (χ4n) is 4.38. The predicted molar refractivity (Wildman–Crippen MR) is 108 cm³/mol. The molecule has 2 heterocycles. The second-order valence-corrected chi connectivity index (χ2v) is 10.2. The second-order valence-electron chi connectivity index (χ2n) is 8.09. The summed E-state index contributed by atoms with van der Waals surface area (Å²) in [5.41, 5.74) is 0.943. The highest BCUT2D eigenvalue weighted by Gasteiger charge is 2.33. The predicted octanol–water partition coefficient (Wildman–Crippen LogP) is 2.64. The van der Waals surface area contributed by atoms with Crippen LogP contribution in [-0.2, 0) is 32.4 Å². The topological polar surface area (TPSA) is 73.7 Å². The molecule has 0 radical (unpaired) electrons. The van der Waals surface area contributed by atoms with Crippen LogP contribution < -0.4 is 0 Å². The van der Waals surface area contributed by atoms with Crippen molar-refractivity contribution in [2.24, 2.45) is 0 Å². The molecule has 0 amide bonds. The highest BCUT2D eigenvalue weighted by atomic mass is 32.2. The molecule has 0 N–H and O–H groups in total. The number of rotatable bonds is 8. The van der Waals surface area contributed by atoms with Crippen LogP contribution in [0.15, 0.2) is 11.4 Å². The third-order valence-electron chi connectivity index (χ3n) is 6.14. The van der Waals surface area contributed by atoms with Gasteiger partial charge in [0.05, 0.1) is 23.7 Å². The number of ether oxygens (including phenoxy) is 2. The van der Waals surface area contributed by atoms with Gasteiger partial charge in [-0.2, -0.15) is 0 Å². The third kappa shape index (κ3) is 5.14. The van der Waals surface area contributed by atoms with Gasteiger partial charge in [0, 0.05) is 39.5 Å². The summed E-state index contributed by atoms with van der Waals surface area (Å²) < 4.78 is 39.3. The van der Waals surface area contributed by atoms with Gasteiger partial charge in [-0.25, -0.2) is 13.4 Å². The van der Waals surface area contributed by atoms with Gasteiger partial charge in [0.25, 0.3) is 0 Å². The lowest BCUT2D eigenvalue weighted by Gasteiger charge is -2.31.